The van der Waals surface area contributed by atoms with Gasteiger partial charge in [-0.15, -0.1) is 0 Å². The van der Waals surface area contributed by atoms with Crippen LogP contribution in [0.15, 0.2) is 6.20 Å². The van der Waals surface area contributed by atoms with E-state index >= 15 is 0 Å². The van der Waals surface area contributed by atoms with Crippen LogP contribution in [0.3, 0.4) is 0 Å². The van der Waals surface area contributed by atoms with Gasteiger partial charge in [0, 0.05) is 19.5 Å². The average molecular weight is 146 g/mol. The zero-order chi connectivity index (χ0) is 12.7. The van der Waals surface area contributed by atoms with Crippen LogP contribution < -0.4 is 5.73 Å². The lowest BCUT2D eigenvalue weighted by Gasteiger charge is -2.01. The van der Waals surface area contributed by atoms with Crippen molar-refractivity contribution in [1.82, 2.24) is 4.98 Å². The lowest BCUT2D eigenvalue weighted by molar-refractivity contribution is 0.618. The highest BCUT2D eigenvalue weighted by Gasteiger charge is 2.03. The smallest absolute Gasteiger partial charge is 0.152 e. The maximum Gasteiger partial charge on any atom is 0.152 e. The molecule has 0 aliphatic carbocycles. The SMILES string of the molecule is [2H]C([2H])([2H])c1ncc(N)c(F)c1C([2H])([2H])[2H]. The van der Waals surface area contributed by atoms with E-state index in [9.17, 15) is 4.39 Å². The minimum absolute atomic E-state index is 0.487. The third kappa shape index (κ3) is 0.943. The van der Waals surface area contributed by atoms with Gasteiger partial charge in [0.2, 0.25) is 0 Å². The van der Waals surface area contributed by atoms with Crippen molar-refractivity contribution in [2.75, 3.05) is 5.73 Å². The first-order valence-electron chi connectivity index (χ1n) is 5.50. The van der Waals surface area contributed by atoms with Gasteiger partial charge in [-0.3, -0.25) is 4.98 Å². The molecule has 0 amide bonds. The zero-order valence-corrected chi connectivity index (χ0v) is 4.98. The summed E-state index contributed by atoms with van der Waals surface area (Å²) in [6.07, 6.45) is 0.798. The summed E-state index contributed by atoms with van der Waals surface area (Å²) < 4.78 is 56.0. The Morgan fingerprint density at radius 1 is 1.70 bits per heavy atom. The van der Waals surface area contributed by atoms with Crippen LogP contribution in [0, 0.1) is 19.5 Å². The predicted molar refractivity (Wildman–Crippen MR) is 38.1 cm³/mol. The molecule has 54 valence electrons. The Labute approximate surface area is 67.3 Å². The second-order valence-electron chi connectivity index (χ2n) is 1.75. The van der Waals surface area contributed by atoms with Crippen molar-refractivity contribution < 1.29 is 12.6 Å². The third-order valence-electron chi connectivity index (χ3n) is 1.04. The number of aromatic nitrogens is 1. The van der Waals surface area contributed by atoms with Gasteiger partial charge in [-0.05, 0) is 13.7 Å². The summed E-state index contributed by atoms with van der Waals surface area (Å²) in [7, 11) is 0. The highest BCUT2D eigenvalue weighted by Crippen LogP contribution is 2.14. The molecule has 0 aliphatic rings. The van der Waals surface area contributed by atoms with Gasteiger partial charge in [0.25, 0.3) is 0 Å². The number of nitrogens with two attached hydrogens (primary N) is 1. The van der Waals surface area contributed by atoms with Crippen molar-refractivity contribution in [1.29, 1.82) is 0 Å². The molecule has 0 saturated carbocycles. The van der Waals surface area contributed by atoms with Crippen molar-refractivity contribution in [3.05, 3.63) is 23.3 Å². The molecule has 2 N–H and O–H groups in total. The highest BCUT2D eigenvalue weighted by atomic mass is 19.1. The number of pyridine rings is 1. The van der Waals surface area contributed by atoms with Gasteiger partial charge in [0.1, 0.15) is 0 Å². The Hall–Kier alpha value is -1.12. The molecule has 0 saturated heterocycles. The van der Waals surface area contributed by atoms with Gasteiger partial charge in [-0.25, -0.2) is 4.39 Å². The highest BCUT2D eigenvalue weighted by molar-refractivity contribution is 5.41. The number of nitrogens with zero attached hydrogens (tertiary/aromatic N) is 1. The third-order valence-corrected chi connectivity index (χ3v) is 1.04. The maximum atomic E-state index is 13.5. The standard InChI is InChI=1S/C7H9FN2/c1-4-5(2)10-3-6(9)7(4)8/h3H,9H2,1-2H3/i1D3,2D3. The largest absolute Gasteiger partial charge is 0.395 e. The Morgan fingerprint density at radius 2 is 2.50 bits per heavy atom. The molecule has 0 bridgehead atoms. The predicted octanol–water partition coefficient (Wildman–Crippen LogP) is 1.42. The first kappa shape index (κ1) is 2.49. The van der Waals surface area contributed by atoms with Crippen molar-refractivity contribution in [3.8, 4) is 0 Å². The Balaban J connectivity index is 3.59. The molecule has 3 heteroatoms. The molecule has 0 fully saturated rings. The number of rotatable bonds is 0. The first-order valence-corrected chi connectivity index (χ1v) is 2.50. The normalized spacial score (nSPS) is 21.3. The molecule has 0 unspecified atom stereocenters. The van der Waals surface area contributed by atoms with Gasteiger partial charge in [0.05, 0.1) is 11.9 Å². The summed E-state index contributed by atoms with van der Waals surface area (Å²) in [6.45, 7) is -5.70. The van der Waals surface area contributed by atoms with Crippen molar-refractivity contribution in [2.45, 2.75) is 13.7 Å². The van der Waals surface area contributed by atoms with Crippen LogP contribution in [0.5, 0.6) is 0 Å². The van der Waals surface area contributed by atoms with Crippen LogP contribution in [0.25, 0.3) is 0 Å². The summed E-state index contributed by atoms with van der Waals surface area (Å²) >= 11 is 0. The molecule has 0 aromatic carbocycles. The minimum Gasteiger partial charge on any atom is -0.395 e. The lowest BCUT2D eigenvalue weighted by Crippen LogP contribution is -1.97. The van der Waals surface area contributed by atoms with Crippen molar-refractivity contribution >= 4 is 5.69 Å². The molecular formula is C7H9FN2. The van der Waals surface area contributed by atoms with E-state index in [4.69, 9.17) is 14.0 Å². The summed E-state index contributed by atoms with van der Waals surface area (Å²) in [5.41, 5.74) is 2.96. The van der Waals surface area contributed by atoms with Gasteiger partial charge >= 0.3 is 0 Å². The fourth-order valence-electron chi connectivity index (χ4n) is 0.504. The summed E-state index contributed by atoms with van der Waals surface area (Å²) in [5.74, 6) is -1.25. The van der Waals surface area contributed by atoms with E-state index in [1.54, 1.807) is 0 Å². The van der Waals surface area contributed by atoms with Gasteiger partial charge < -0.3 is 5.73 Å². The average Bonchev–Trinajstić information content (AvgIpc) is 2.05. The van der Waals surface area contributed by atoms with Crippen molar-refractivity contribution in [2.24, 2.45) is 0 Å². The van der Waals surface area contributed by atoms with E-state index in [-0.39, 0.29) is 0 Å². The molecule has 0 aliphatic heterocycles. The van der Waals surface area contributed by atoms with Crippen LogP contribution in [-0.4, -0.2) is 4.98 Å². The second-order valence-corrected chi connectivity index (χ2v) is 1.75. The van der Waals surface area contributed by atoms with Crippen molar-refractivity contribution in [3.63, 3.8) is 0 Å². The molecule has 0 spiro atoms. The van der Waals surface area contributed by atoms with Gasteiger partial charge in [0.15, 0.2) is 5.82 Å². The monoisotopic (exact) mass is 146 g/mol. The fourth-order valence-corrected chi connectivity index (χ4v) is 0.504. The molecule has 1 rings (SSSR count). The molecule has 0 atom stereocenters. The fraction of sp³-hybridized carbons (Fsp3) is 0.286. The minimum atomic E-state index is -2.91. The van der Waals surface area contributed by atoms with E-state index < -0.39 is 36.5 Å². The zero-order valence-electron chi connectivity index (χ0n) is 11.0. The van der Waals surface area contributed by atoms with Crippen LogP contribution >= 0.6 is 0 Å². The van der Waals surface area contributed by atoms with Crippen LogP contribution in [0.2, 0.25) is 0 Å². The van der Waals surface area contributed by atoms with E-state index in [0.29, 0.717) is 0 Å². The molecule has 1 heterocycles. The lowest BCUT2D eigenvalue weighted by atomic mass is 10.2. The van der Waals surface area contributed by atoms with Crippen LogP contribution in [-0.2, 0) is 0 Å². The Morgan fingerprint density at radius 3 is 3.10 bits per heavy atom. The molecule has 1 aromatic heterocycles. The number of hydrogen-bond acceptors (Lipinski definition) is 2. The Bertz CT molecular complexity index is 411. The van der Waals surface area contributed by atoms with Gasteiger partial charge in [-0.2, -0.15) is 0 Å². The van der Waals surface area contributed by atoms with Crippen LogP contribution in [0.1, 0.15) is 19.5 Å². The van der Waals surface area contributed by atoms with Gasteiger partial charge in [-0.1, -0.05) is 0 Å². The summed E-state index contributed by atoms with van der Waals surface area (Å²) in [5, 5.41) is 0. The Kier molecular flexibility index (Phi) is 0.560. The summed E-state index contributed by atoms with van der Waals surface area (Å²) in [6, 6.07) is 0. The topological polar surface area (TPSA) is 38.9 Å². The number of anilines is 1. The number of hydrogen-bond donors (Lipinski definition) is 1. The van der Waals surface area contributed by atoms with E-state index in [0.717, 1.165) is 6.20 Å². The van der Waals surface area contributed by atoms with E-state index in [1.807, 2.05) is 0 Å². The molecule has 10 heavy (non-hydrogen) atoms. The molecular weight excluding hydrogens is 131 g/mol. The van der Waals surface area contributed by atoms with E-state index in [2.05, 4.69) is 4.98 Å². The quantitative estimate of drug-likeness (QED) is 0.601. The van der Waals surface area contributed by atoms with Crippen LogP contribution in [0.4, 0.5) is 10.1 Å². The summed E-state index contributed by atoms with van der Waals surface area (Å²) in [4.78, 5) is 3.39. The molecule has 1 aromatic rings. The second kappa shape index (κ2) is 2.25. The first-order chi connectivity index (χ1) is 7.05. The number of aryl methyl sites for hydroxylation is 1. The maximum absolute atomic E-state index is 13.5. The number of nitrogen functional groups attached to an aromatic ring is 1. The van der Waals surface area contributed by atoms with E-state index in [1.165, 1.54) is 0 Å². The molecule has 0 radical (unpaired) electrons. The number of halogens is 1. The molecule has 2 nitrogen and oxygen atoms in total.